The van der Waals surface area contributed by atoms with Crippen LogP contribution in [0.1, 0.15) is 18.5 Å². The van der Waals surface area contributed by atoms with Crippen LogP contribution in [0, 0.1) is 11.3 Å². The molecule has 0 spiro atoms. The first-order valence-corrected chi connectivity index (χ1v) is 6.14. The molecule has 1 aliphatic rings. The van der Waals surface area contributed by atoms with Crippen molar-refractivity contribution >= 4 is 0 Å². The fraction of sp³-hybridized carbons (Fsp3) is 0.500. The average molecular weight is 246 g/mol. The summed E-state index contributed by atoms with van der Waals surface area (Å²) < 4.78 is 10.6. The largest absolute Gasteiger partial charge is 0.497 e. The number of hydrogen-bond acceptors (Lipinski definition) is 4. The van der Waals surface area contributed by atoms with E-state index in [2.05, 4.69) is 11.0 Å². The second-order valence-electron chi connectivity index (χ2n) is 4.48. The molecule has 0 N–H and O–H groups in total. The Morgan fingerprint density at radius 3 is 2.72 bits per heavy atom. The maximum atomic E-state index is 9.38. The molecule has 18 heavy (non-hydrogen) atoms. The quantitative estimate of drug-likeness (QED) is 0.818. The Kier molecular flexibility index (Phi) is 4.19. The summed E-state index contributed by atoms with van der Waals surface area (Å²) >= 11 is 0. The number of benzene rings is 1. The zero-order valence-corrected chi connectivity index (χ0v) is 10.8. The van der Waals surface area contributed by atoms with Gasteiger partial charge in [-0.05, 0) is 24.6 Å². The van der Waals surface area contributed by atoms with E-state index in [-0.39, 0.29) is 12.1 Å². The predicted molar refractivity (Wildman–Crippen MR) is 68.3 cm³/mol. The van der Waals surface area contributed by atoms with Gasteiger partial charge in [0.15, 0.2) is 0 Å². The van der Waals surface area contributed by atoms with Crippen LogP contribution in [0.25, 0.3) is 0 Å². The lowest BCUT2D eigenvalue weighted by Crippen LogP contribution is -2.42. The minimum absolute atomic E-state index is 0.188. The average Bonchev–Trinajstić information content (AvgIpc) is 2.40. The fourth-order valence-electron chi connectivity index (χ4n) is 2.23. The van der Waals surface area contributed by atoms with Crippen LogP contribution in [-0.4, -0.2) is 37.8 Å². The number of methoxy groups -OCH3 is 1. The van der Waals surface area contributed by atoms with E-state index in [0.717, 1.165) is 24.4 Å². The third-order valence-corrected chi connectivity index (χ3v) is 3.19. The number of hydrogen-bond donors (Lipinski definition) is 0. The van der Waals surface area contributed by atoms with Crippen LogP contribution in [0.5, 0.6) is 5.75 Å². The van der Waals surface area contributed by atoms with Gasteiger partial charge in [-0.1, -0.05) is 12.1 Å². The molecule has 0 saturated carbocycles. The van der Waals surface area contributed by atoms with Gasteiger partial charge in [-0.3, -0.25) is 4.90 Å². The Balaban J connectivity index is 2.14. The molecule has 1 fully saturated rings. The van der Waals surface area contributed by atoms with Crippen molar-refractivity contribution in [3.8, 4) is 11.8 Å². The zero-order chi connectivity index (χ0) is 13.0. The molecule has 4 heteroatoms. The molecule has 2 unspecified atom stereocenters. The van der Waals surface area contributed by atoms with E-state index in [1.54, 1.807) is 7.11 Å². The van der Waals surface area contributed by atoms with Gasteiger partial charge in [-0.15, -0.1) is 0 Å². The van der Waals surface area contributed by atoms with Crippen LogP contribution in [0.15, 0.2) is 24.3 Å². The second kappa shape index (κ2) is 5.85. The van der Waals surface area contributed by atoms with Crippen molar-refractivity contribution in [2.75, 3.05) is 26.8 Å². The summed E-state index contributed by atoms with van der Waals surface area (Å²) in [7, 11) is 1.64. The molecule has 0 aliphatic carbocycles. The van der Waals surface area contributed by atoms with Crippen LogP contribution >= 0.6 is 0 Å². The molecule has 4 nitrogen and oxygen atoms in total. The number of ether oxygens (including phenoxy) is 2. The standard InChI is InChI=1S/C14H18N2O2/c1-11-10-16(7-8-18-11)14(9-15)12-3-5-13(17-2)6-4-12/h3-6,11,14H,7-8,10H2,1-2H3. The molecule has 0 radical (unpaired) electrons. The van der Waals surface area contributed by atoms with Gasteiger partial charge in [-0.25, -0.2) is 0 Å². The predicted octanol–water partition coefficient (Wildman–Crippen LogP) is 1.98. The topological polar surface area (TPSA) is 45.5 Å². The van der Waals surface area contributed by atoms with Gasteiger partial charge in [0.1, 0.15) is 11.8 Å². The van der Waals surface area contributed by atoms with E-state index in [1.807, 2.05) is 31.2 Å². The Bertz CT molecular complexity index is 424. The molecule has 1 aliphatic heterocycles. The molecule has 1 saturated heterocycles. The summed E-state index contributed by atoms with van der Waals surface area (Å²) in [6.07, 6.45) is 0.188. The Labute approximate surface area is 108 Å². The molecule has 1 aromatic rings. The van der Waals surface area contributed by atoms with Crippen molar-refractivity contribution in [3.05, 3.63) is 29.8 Å². The summed E-state index contributed by atoms with van der Waals surface area (Å²) in [5.74, 6) is 0.811. The lowest BCUT2D eigenvalue weighted by molar-refractivity contribution is -0.0269. The molecular weight excluding hydrogens is 228 g/mol. The first-order chi connectivity index (χ1) is 8.74. The Morgan fingerprint density at radius 2 is 2.17 bits per heavy atom. The van der Waals surface area contributed by atoms with Crippen molar-refractivity contribution in [2.45, 2.75) is 19.1 Å². The molecule has 0 amide bonds. The van der Waals surface area contributed by atoms with E-state index in [0.29, 0.717) is 6.61 Å². The molecule has 96 valence electrons. The number of nitriles is 1. The minimum Gasteiger partial charge on any atom is -0.497 e. The monoisotopic (exact) mass is 246 g/mol. The molecule has 2 atom stereocenters. The number of rotatable bonds is 3. The van der Waals surface area contributed by atoms with Crippen LogP contribution in [0.3, 0.4) is 0 Å². The highest BCUT2D eigenvalue weighted by Gasteiger charge is 2.25. The number of morpholine rings is 1. The SMILES string of the molecule is COc1ccc(C(C#N)N2CCOC(C)C2)cc1. The molecule has 2 rings (SSSR count). The van der Waals surface area contributed by atoms with Gasteiger partial charge in [0, 0.05) is 13.1 Å². The van der Waals surface area contributed by atoms with Crippen LogP contribution in [0.2, 0.25) is 0 Å². The molecule has 1 aromatic carbocycles. The molecule has 0 bridgehead atoms. The summed E-state index contributed by atoms with van der Waals surface area (Å²) in [5.41, 5.74) is 1.01. The molecule has 0 aromatic heterocycles. The van der Waals surface area contributed by atoms with Crippen molar-refractivity contribution < 1.29 is 9.47 Å². The normalized spacial score (nSPS) is 22.2. The third kappa shape index (κ3) is 2.81. The highest BCUT2D eigenvalue weighted by molar-refractivity contribution is 5.31. The highest BCUT2D eigenvalue weighted by atomic mass is 16.5. The van der Waals surface area contributed by atoms with E-state index in [1.165, 1.54) is 0 Å². The van der Waals surface area contributed by atoms with E-state index >= 15 is 0 Å². The van der Waals surface area contributed by atoms with Crippen LogP contribution in [0.4, 0.5) is 0 Å². The van der Waals surface area contributed by atoms with E-state index in [9.17, 15) is 5.26 Å². The van der Waals surface area contributed by atoms with E-state index < -0.39 is 0 Å². The second-order valence-corrected chi connectivity index (χ2v) is 4.48. The summed E-state index contributed by atoms with van der Waals surface area (Å²) in [6.45, 7) is 4.32. The van der Waals surface area contributed by atoms with Gasteiger partial charge < -0.3 is 9.47 Å². The summed E-state index contributed by atoms with van der Waals surface area (Å²) in [6, 6.07) is 9.86. The van der Waals surface area contributed by atoms with Gasteiger partial charge in [0.2, 0.25) is 0 Å². The number of nitrogens with zero attached hydrogens (tertiary/aromatic N) is 2. The Morgan fingerprint density at radius 1 is 1.44 bits per heavy atom. The molecular formula is C14H18N2O2. The first kappa shape index (κ1) is 12.9. The molecule has 1 heterocycles. The maximum absolute atomic E-state index is 9.38. The first-order valence-electron chi connectivity index (χ1n) is 6.14. The van der Waals surface area contributed by atoms with Crippen LogP contribution in [-0.2, 0) is 4.74 Å². The lowest BCUT2D eigenvalue weighted by Gasteiger charge is -2.34. The minimum atomic E-state index is -0.206. The third-order valence-electron chi connectivity index (χ3n) is 3.19. The van der Waals surface area contributed by atoms with E-state index in [4.69, 9.17) is 9.47 Å². The maximum Gasteiger partial charge on any atom is 0.124 e. The lowest BCUT2D eigenvalue weighted by atomic mass is 10.1. The van der Waals surface area contributed by atoms with Gasteiger partial charge in [-0.2, -0.15) is 5.26 Å². The van der Waals surface area contributed by atoms with Crippen LogP contribution < -0.4 is 4.74 Å². The summed E-state index contributed by atoms with van der Waals surface area (Å²) in [5, 5.41) is 9.38. The van der Waals surface area contributed by atoms with Crippen molar-refractivity contribution in [1.82, 2.24) is 4.90 Å². The van der Waals surface area contributed by atoms with Crippen molar-refractivity contribution in [3.63, 3.8) is 0 Å². The van der Waals surface area contributed by atoms with Gasteiger partial charge in [0.25, 0.3) is 0 Å². The zero-order valence-electron chi connectivity index (χ0n) is 10.8. The fourth-order valence-corrected chi connectivity index (χ4v) is 2.23. The van der Waals surface area contributed by atoms with Crippen molar-refractivity contribution in [1.29, 1.82) is 5.26 Å². The van der Waals surface area contributed by atoms with Gasteiger partial charge in [0.05, 0.1) is 25.9 Å². The smallest absolute Gasteiger partial charge is 0.124 e. The summed E-state index contributed by atoms with van der Waals surface area (Å²) in [4.78, 5) is 2.16. The van der Waals surface area contributed by atoms with Gasteiger partial charge >= 0.3 is 0 Å². The highest BCUT2D eigenvalue weighted by Crippen LogP contribution is 2.24. The Hall–Kier alpha value is -1.57. The van der Waals surface area contributed by atoms with Crippen molar-refractivity contribution in [2.24, 2.45) is 0 Å².